The highest BCUT2D eigenvalue weighted by Crippen LogP contribution is 2.07. The summed E-state index contributed by atoms with van der Waals surface area (Å²) in [6, 6.07) is -0.819. The summed E-state index contributed by atoms with van der Waals surface area (Å²) >= 11 is 0. The molecule has 0 radical (unpaired) electrons. The molecule has 1 atom stereocenters. The smallest absolute Gasteiger partial charge is 0.328 e. The van der Waals surface area contributed by atoms with E-state index in [0.717, 1.165) is 0 Å². The van der Waals surface area contributed by atoms with Gasteiger partial charge in [0.05, 0.1) is 6.61 Å². The minimum atomic E-state index is -1.00. The van der Waals surface area contributed by atoms with Gasteiger partial charge in [-0.05, 0) is 6.42 Å². The standard InChI is InChI=1S/C8H13NO4/c1-6(10)9-3-2-4-13-5-7(9)8(11)12/h7H,2-5H2,1H3,(H,11,12)/t7-/m0/s1. The lowest BCUT2D eigenvalue weighted by molar-refractivity contribution is -0.150. The van der Waals surface area contributed by atoms with Gasteiger partial charge in [-0.15, -0.1) is 0 Å². The molecule has 0 bridgehead atoms. The Balaban J connectivity index is 2.72. The normalized spacial score (nSPS) is 23.8. The van der Waals surface area contributed by atoms with Crippen LogP contribution in [0, 0.1) is 0 Å². The molecule has 0 aromatic carbocycles. The fourth-order valence-corrected chi connectivity index (χ4v) is 1.36. The Bertz CT molecular complexity index is 194. The Morgan fingerprint density at radius 3 is 2.77 bits per heavy atom. The maximum Gasteiger partial charge on any atom is 0.328 e. The van der Waals surface area contributed by atoms with Gasteiger partial charge in [-0.2, -0.15) is 0 Å². The predicted molar refractivity (Wildman–Crippen MR) is 44.2 cm³/mol. The first-order chi connectivity index (χ1) is 6.13. The van der Waals surface area contributed by atoms with E-state index >= 15 is 0 Å². The van der Waals surface area contributed by atoms with E-state index in [4.69, 9.17) is 9.84 Å². The molecule has 0 spiro atoms. The lowest BCUT2D eigenvalue weighted by atomic mass is 10.2. The minimum absolute atomic E-state index is 0.0922. The summed E-state index contributed by atoms with van der Waals surface area (Å²) in [6.45, 7) is 2.45. The summed E-state index contributed by atoms with van der Waals surface area (Å²) in [4.78, 5) is 23.2. The van der Waals surface area contributed by atoms with E-state index in [1.807, 2.05) is 0 Å². The molecule has 0 aliphatic carbocycles. The van der Waals surface area contributed by atoms with E-state index in [9.17, 15) is 9.59 Å². The molecule has 0 aromatic rings. The molecule has 5 heteroatoms. The molecule has 1 aliphatic rings. The Morgan fingerprint density at radius 1 is 1.54 bits per heavy atom. The van der Waals surface area contributed by atoms with Crippen molar-refractivity contribution in [3.8, 4) is 0 Å². The molecule has 1 aliphatic heterocycles. The summed E-state index contributed by atoms with van der Waals surface area (Å²) in [7, 11) is 0. The Morgan fingerprint density at radius 2 is 2.23 bits per heavy atom. The number of nitrogens with zero attached hydrogens (tertiary/aromatic N) is 1. The van der Waals surface area contributed by atoms with Crippen molar-refractivity contribution in [2.45, 2.75) is 19.4 Å². The Hall–Kier alpha value is -1.10. The van der Waals surface area contributed by atoms with Gasteiger partial charge < -0.3 is 14.7 Å². The summed E-state index contributed by atoms with van der Waals surface area (Å²) in [5.74, 6) is -1.21. The van der Waals surface area contributed by atoms with E-state index < -0.39 is 12.0 Å². The molecule has 1 heterocycles. The second kappa shape index (κ2) is 4.23. The third-order valence-corrected chi connectivity index (χ3v) is 2.03. The molecule has 1 N–H and O–H groups in total. The zero-order chi connectivity index (χ0) is 9.84. The summed E-state index contributed by atoms with van der Waals surface area (Å²) in [5.41, 5.74) is 0. The van der Waals surface area contributed by atoms with Crippen molar-refractivity contribution in [1.29, 1.82) is 0 Å². The first kappa shape index (κ1) is 9.98. The van der Waals surface area contributed by atoms with E-state index in [2.05, 4.69) is 0 Å². The second-order valence-corrected chi connectivity index (χ2v) is 2.99. The van der Waals surface area contributed by atoms with Crippen LogP contribution in [0.15, 0.2) is 0 Å². The highest BCUT2D eigenvalue weighted by Gasteiger charge is 2.29. The SMILES string of the molecule is CC(=O)N1CCCOC[C@H]1C(=O)O. The van der Waals surface area contributed by atoms with Crippen LogP contribution in [0.2, 0.25) is 0 Å². The fourth-order valence-electron chi connectivity index (χ4n) is 1.36. The zero-order valence-corrected chi connectivity index (χ0v) is 7.52. The molecule has 0 aromatic heterocycles. The molecular weight excluding hydrogens is 174 g/mol. The average Bonchev–Trinajstić information content (AvgIpc) is 2.27. The summed E-state index contributed by atoms with van der Waals surface area (Å²) < 4.78 is 5.07. The van der Waals surface area contributed by atoms with Crippen molar-refractivity contribution >= 4 is 11.9 Å². The van der Waals surface area contributed by atoms with E-state index in [1.54, 1.807) is 0 Å². The lowest BCUT2D eigenvalue weighted by Crippen LogP contribution is -2.45. The topological polar surface area (TPSA) is 66.8 Å². The van der Waals surface area contributed by atoms with Crippen molar-refractivity contribution in [3.05, 3.63) is 0 Å². The zero-order valence-electron chi connectivity index (χ0n) is 7.52. The summed E-state index contributed by atoms with van der Waals surface area (Å²) in [5, 5.41) is 8.81. The second-order valence-electron chi connectivity index (χ2n) is 2.99. The third-order valence-electron chi connectivity index (χ3n) is 2.03. The number of carboxylic acid groups (broad SMARTS) is 1. The summed E-state index contributed by atoms with van der Waals surface area (Å²) in [6.07, 6.45) is 0.698. The van der Waals surface area contributed by atoms with Gasteiger partial charge in [0.25, 0.3) is 0 Å². The van der Waals surface area contributed by atoms with Crippen molar-refractivity contribution in [2.75, 3.05) is 19.8 Å². The van der Waals surface area contributed by atoms with Crippen LogP contribution in [0.1, 0.15) is 13.3 Å². The van der Waals surface area contributed by atoms with Crippen LogP contribution in [-0.4, -0.2) is 47.7 Å². The van der Waals surface area contributed by atoms with Gasteiger partial charge in [-0.3, -0.25) is 4.79 Å². The highest BCUT2D eigenvalue weighted by atomic mass is 16.5. The number of carbonyl (C=O) groups excluding carboxylic acids is 1. The van der Waals surface area contributed by atoms with Gasteiger partial charge in [0.1, 0.15) is 0 Å². The van der Waals surface area contributed by atoms with Crippen LogP contribution in [-0.2, 0) is 14.3 Å². The van der Waals surface area contributed by atoms with Crippen LogP contribution < -0.4 is 0 Å². The molecule has 1 fully saturated rings. The van der Waals surface area contributed by atoms with Crippen molar-refractivity contribution < 1.29 is 19.4 Å². The first-order valence-corrected chi connectivity index (χ1v) is 4.20. The first-order valence-electron chi connectivity index (χ1n) is 4.20. The predicted octanol–water partition coefficient (Wildman–Crippen LogP) is -0.292. The molecule has 0 unspecified atom stereocenters. The number of aliphatic carboxylic acids is 1. The van der Waals surface area contributed by atoms with Gasteiger partial charge in [0.2, 0.25) is 5.91 Å². The minimum Gasteiger partial charge on any atom is -0.480 e. The maximum absolute atomic E-state index is 11.1. The van der Waals surface area contributed by atoms with Crippen LogP contribution in [0.4, 0.5) is 0 Å². The number of ether oxygens (including phenoxy) is 1. The van der Waals surface area contributed by atoms with Crippen LogP contribution in [0.25, 0.3) is 0 Å². The van der Waals surface area contributed by atoms with Gasteiger partial charge in [0.15, 0.2) is 6.04 Å². The number of rotatable bonds is 1. The number of hydrogen-bond donors (Lipinski definition) is 1. The van der Waals surface area contributed by atoms with E-state index in [0.29, 0.717) is 19.6 Å². The number of amides is 1. The van der Waals surface area contributed by atoms with Crippen LogP contribution in [0.3, 0.4) is 0 Å². The van der Waals surface area contributed by atoms with Gasteiger partial charge in [-0.1, -0.05) is 0 Å². The average molecular weight is 187 g/mol. The van der Waals surface area contributed by atoms with Gasteiger partial charge >= 0.3 is 5.97 Å². The van der Waals surface area contributed by atoms with E-state index in [-0.39, 0.29) is 12.5 Å². The maximum atomic E-state index is 11.1. The molecule has 1 saturated heterocycles. The largest absolute Gasteiger partial charge is 0.480 e. The number of carboxylic acids is 1. The number of hydrogen-bond acceptors (Lipinski definition) is 3. The van der Waals surface area contributed by atoms with E-state index in [1.165, 1.54) is 11.8 Å². The molecule has 74 valence electrons. The third kappa shape index (κ3) is 2.42. The highest BCUT2D eigenvalue weighted by molar-refractivity contribution is 5.82. The molecule has 13 heavy (non-hydrogen) atoms. The Kier molecular flexibility index (Phi) is 3.25. The molecule has 0 saturated carbocycles. The number of carbonyl (C=O) groups is 2. The lowest BCUT2D eigenvalue weighted by Gasteiger charge is -2.24. The Labute approximate surface area is 76.3 Å². The molecular formula is C8H13NO4. The molecule has 1 rings (SSSR count). The van der Waals surface area contributed by atoms with Gasteiger partial charge in [0, 0.05) is 20.1 Å². The van der Waals surface area contributed by atoms with Crippen molar-refractivity contribution in [3.63, 3.8) is 0 Å². The molecule has 5 nitrogen and oxygen atoms in total. The monoisotopic (exact) mass is 187 g/mol. The molecule has 1 amide bonds. The van der Waals surface area contributed by atoms with Gasteiger partial charge in [-0.25, -0.2) is 4.79 Å². The van der Waals surface area contributed by atoms with Crippen molar-refractivity contribution in [1.82, 2.24) is 4.90 Å². The fraction of sp³-hybridized carbons (Fsp3) is 0.750. The van der Waals surface area contributed by atoms with Crippen LogP contribution >= 0.6 is 0 Å². The van der Waals surface area contributed by atoms with Crippen LogP contribution in [0.5, 0.6) is 0 Å². The quantitative estimate of drug-likeness (QED) is 0.612. The van der Waals surface area contributed by atoms with Crippen molar-refractivity contribution in [2.24, 2.45) is 0 Å².